The number of halogens is 1. The molecule has 2 nitrogen and oxygen atoms in total. The van der Waals surface area contributed by atoms with Crippen molar-refractivity contribution in [2.24, 2.45) is 5.92 Å². The van der Waals surface area contributed by atoms with Crippen molar-refractivity contribution >= 4 is 5.69 Å². The molecule has 0 saturated heterocycles. The first-order valence-electron chi connectivity index (χ1n) is 7.75. The van der Waals surface area contributed by atoms with E-state index in [2.05, 4.69) is 44.8 Å². The van der Waals surface area contributed by atoms with Crippen LogP contribution in [0.15, 0.2) is 18.2 Å². The Hall–Kier alpha value is -1.09. The van der Waals surface area contributed by atoms with Crippen LogP contribution in [0.5, 0.6) is 0 Å². The van der Waals surface area contributed by atoms with Crippen LogP contribution in [0, 0.1) is 11.7 Å². The Morgan fingerprint density at radius 2 is 1.90 bits per heavy atom. The molecule has 0 aliphatic rings. The molecule has 0 amide bonds. The quantitative estimate of drug-likeness (QED) is 0.768. The Morgan fingerprint density at radius 3 is 2.45 bits per heavy atom. The van der Waals surface area contributed by atoms with E-state index in [1.807, 2.05) is 6.07 Å². The average Bonchev–Trinajstić information content (AvgIpc) is 2.42. The molecule has 1 aromatic carbocycles. The van der Waals surface area contributed by atoms with Crippen LogP contribution in [0.3, 0.4) is 0 Å². The van der Waals surface area contributed by atoms with E-state index >= 15 is 0 Å². The highest BCUT2D eigenvalue weighted by Gasteiger charge is 2.16. The lowest BCUT2D eigenvalue weighted by atomic mass is 10.1. The van der Waals surface area contributed by atoms with E-state index < -0.39 is 0 Å². The summed E-state index contributed by atoms with van der Waals surface area (Å²) in [5, 5.41) is 3.38. The van der Waals surface area contributed by atoms with Crippen LogP contribution in [-0.2, 0) is 6.54 Å². The zero-order valence-electron chi connectivity index (χ0n) is 13.5. The van der Waals surface area contributed by atoms with Crippen LogP contribution in [0.4, 0.5) is 10.1 Å². The van der Waals surface area contributed by atoms with E-state index in [1.165, 1.54) is 0 Å². The standard InChI is InChI=1S/C17H29FN2/c1-6-14(5)12-20(7-2)17-15(11-19-13(3)4)9-8-10-16(17)18/h8-10,13-14,19H,6-7,11-12H2,1-5H3. The molecule has 0 aliphatic carbocycles. The van der Waals surface area contributed by atoms with Gasteiger partial charge in [0.1, 0.15) is 5.82 Å². The van der Waals surface area contributed by atoms with Crippen LogP contribution >= 0.6 is 0 Å². The van der Waals surface area contributed by atoms with Crippen molar-refractivity contribution in [2.75, 3.05) is 18.0 Å². The van der Waals surface area contributed by atoms with Gasteiger partial charge in [0.2, 0.25) is 0 Å². The summed E-state index contributed by atoms with van der Waals surface area (Å²) in [5.41, 5.74) is 1.81. The van der Waals surface area contributed by atoms with Crippen LogP contribution in [0.2, 0.25) is 0 Å². The predicted molar refractivity (Wildman–Crippen MR) is 85.7 cm³/mol. The minimum atomic E-state index is -0.113. The highest BCUT2D eigenvalue weighted by Crippen LogP contribution is 2.26. The van der Waals surface area contributed by atoms with Gasteiger partial charge in [0.25, 0.3) is 0 Å². The lowest BCUT2D eigenvalue weighted by Crippen LogP contribution is -2.31. The molecule has 1 rings (SSSR count). The van der Waals surface area contributed by atoms with Gasteiger partial charge in [-0.1, -0.05) is 46.2 Å². The smallest absolute Gasteiger partial charge is 0.146 e. The molecule has 1 N–H and O–H groups in total. The first-order valence-corrected chi connectivity index (χ1v) is 7.75. The van der Waals surface area contributed by atoms with Gasteiger partial charge in [0.15, 0.2) is 0 Å². The molecule has 0 fully saturated rings. The third-order valence-electron chi connectivity index (χ3n) is 3.70. The fourth-order valence-electron chi connectivity index (χ4n) is 2.25. The molecule has 1 atom stereocenters. The second-order valence-corrected chi connectivity index (χ2v) is 5.84. The van der Waals surface area contributed by atoms with Crippen LogP contribution in [0.1, 0.15) is 46.6 Å². The summed E-state index contributed by atoms with van der Waals surface area (Å²) in [5.74, 6) is 0.457. The molecule has 114 valence electrons. The summed E-state index contributed by atoms with van der Waals surface area (Å²) in [6, 6.07) is 5.78. The zero-order chi connectivity index (χ0) is 15.1. The molecular weight excluding hydrogens is 251 g/mol. The van der Waals surface area contributed by atoms with E-state index in [-0.39, 0.29) is 5.82 Å². The highest BCUT2D eigenvalue weighted by atomic mass is 19.1. The first-order chi connectivity index (χ1) is 9.49. The first kappa shape index (κ1) is 17.0. The molecule has 0 heterocycles. The molecule has 0 aromatic heterocycles. The largest absolute Gasteiger partial charge is 0.369 e. The minimum Gasteiger partial charge on any atom is -0.369 e. The molecule has 0 radical (unpaired) electrons. The summed E-state index contributed by atoms with van der Waals surface area (Å²) in [6.07, 6.45) is 1.12. The van der Waals surface area contributed by atoms with Crippen molar-refractivity contribution in [3.8, 4) is 0 Å². The van der Waals surface area contributed by atoms with Gasteiger partial charge in [0, 0.05) is 25.7 Å². The normalized spacial score (nSPS) is 12.8. The Morgan fingerprint density at radius 1 is 1.20 bits per heavy atom. The summed E-state index contributed by atoms with van der Waals surface area (Å²) < 4.78 is 14.3. The molecule has 0 spiro atoms. The molecule has 0 bridgehead atoms. The zero-order valence-corrected chi connectivity index (χ0v) is 13.5. The van der Waals surface area contributed by atoms with Crippen molar-refractivity contribution in [1.29, 1.82) is 0 Å². The van der Waals surface area contributed by atoms with Gasteiger partial charge in [-0.3, -0.25) is 0 Å². The summed E-state index contributed by atoms with van der Waals surface area (Å²) in [6.45, 7) is 13.2. The number of nitrogens with zero attached hydrogens (tertiary/aromatic N) is 1. The second kappa shape index (κ2) is 8.25. The molecule has 1 aromatic rings. The number of rotatable bonds is 8. The van der Waals surface area contributed by atoms with Gasteiger partial charge in [-0.05, 0) is 24.5 Å². The van der Waals surface area contributed by atoms with Crippen LogP contribution < -0.4 is 10.2 Å². The minimum absolute atomic E-state index is 0.113. The Balaban J connectivity index is 2.99. The average molecular weight is 280 g/mol. The molecular formula is C17H29FN2. The SMILES string of the molecule is CCC(C)CN(CC)c1c(F)cccc1CNC(C)C. The maximum absolute atomic E-state index is 14.3. The topological polar surface area (TPSA) is 15.3 Å². The van der Waals surface area contributed by atoms with Gasteiger partial charge in [-0.15, -0.1) is 0 Å². The lowest BCUT2D eigenvalue weighted by Gasteiger charge is -2.29. The maximum atomic E-state index is 14.3. The van der Waals surface area contributed by atoms with Crippen LogP contribution in [-0.4, -0.2) is 19.1 Å². The van der Waals surface area contributed by atoms with Gasteiger partial charge in [-0.2, -0.15) is 0 Å². The summed E-state index contributed by atoms with van der Waals surface area (Å²) >= 11 is 0. The molecule has 0 saturated carbocycles. The van der Waals surface area contributed by atoms with Crippen molar-refractivity contribution < 1.29 is 4.39 Å². The predicted octanol–water partition coefficient (Wildman–Crippen LogP) is 4.20. The van der Waals surface area contributed by atoms with Crippen molar-refractivity contribution in [3.05, 3.63) is 29.6 Å². The maximum Gasteiger partial charge on any atom is 0.146 e. The fourth-order valence-corrected chi connectivity index (χ4v) is 2.25. The fraction of sp³-hybridized carbons (Fsp3) is 0.647. The van der Waals surface area contributed by atoms with Gasteiger partial charge < -0.3 is 10.2 Å². The third-order valence-corrected chi connectivity index (χ3v) is 3.70. The molecule has 3 heteroatoms. The van der Waals surface area contributed by atoms with E-state index in [0.29, 0.717) is 18.5 Å². The van der Waals surface area contributed by atoms with Gasteiger partial charge in [0.05, 0.1) is 5.69 Å². The van der Waals surface area contributed by atoms with E-state index in [4.69, 9.17) is 0 Å². The lowest BCUT2D eigenvalue weighted by molar-refractivity contribution is 0.532. The third kappa shape index (κ3) is 4.78. The summed E-state index contributed by atoms with van der Waals surface area (Å²) in [7, 11) is 0. The van der Waals surface area contributed by atoms with Gasteiger partial charge in [-0.25, -0.2) is 4.39 Å². The molecule has 20 heavy (non-hydrogen) atoms. The summed E-state index contributed by atoms with van der Waals surface area (Å²) in [4.78, 5) is 2.17. The number of anilines is 1. The van der Waals surface area contributed by atoms with Gasteiger partial charge >= 0.3 is 0 Å². The van der Waals surface area contributed by atoms with E-state index in [0.717, 1.165) is 30.8 Å². The number of hydrogen-bond donors (Lipinski definition) is 1. The molecule has 0 aliphatic heterocycles. The number of benzene rings is 1. The molecule has 1 unspecified atom stereocenters. The number of nitrogens with one attached hydrogen (secondary N) is 1. The Labute approximate surface area is 123 Å². The van der Waals surface area contributed by atoms with Crippen molar-refractivity contribution in [2.45, 2.75) is 53.6 Å². The Kier molecular flexibility index (Phi) is 7.00. The monoisotopic (exact) mass is 280 g/mol. The highest BCUT2D eigenvalue weighted by molar-refractivity contribution is 5.55. The van der Waals surface area contributed by atoms with E-state index in [1.54, 1.807) is 12.1 Å². The number of para-hydroxylation sites is 1. The Bertz CT molecular complexity index is 404. The second-order valence-electron chi connectivity index (χ2n) is 5.84. The van der Waals surface area contributed by atoms with E-state index in [9.17, 15) is 4.39 Å². The van der Waals surface area contributed by atoms with Crippen LogP contribution in [0.25, 0.3) is 0 Å². The van der Waals surface area contributed by atoms with Crippen molar-refractivity contribution in [1.82, 2.24) is 5.32 Å². The number of hydrogen-bond acceptors (Lipinski definition) is 2. The van der Waals surface area contributed by atoms with Crippen molar-refractivity contribution in [3.63, 3.8) is 0 Å².